The van der Waals surface area contributed by atoms with Gasteiger partial charge >= 0.3 is 0 Å². The van der Waals surface area contributed by atoms with Gasteiger partial charge in [-0.3, -0.25) is 5.43 Å². The monoisotopic (exact) mass is 363 g/mol. The van der Waals surface area contributed by atoms with Crippen molar-refractivity contribution in [2.75, 3.05) is 5.43 Å². The maximum Gasteiger partial charge on any atom is 0.223 e. The zero-order valence-corrected chi connectivity index (χ0v) is 15.2. The van der Waals surface area contributed by atoms with E-state index in [4.69, 9.17) is 0 Å². The van der Waals surface area contributed by atoms with Crippen molar-refractivity contribution in [2.24, 2.45) is 5.10 Å². The van der Waals surface area contributed by atoms with Gasteiger partial charge in [-0.2, -0.15) is 10.2 Å². The molecule has 0 saturated carbocycles. The molecule has 2 heterocycles. The van der Waals surface area contributed by atoms with E-state index in [0.29, 0.717) is 22.1 Å². The van der Waals surface area contributed by atoms with E-state index in [9.17, 15) is 5.11 Å². The molecule has 4 aromatic rings. The van der Waals surface area contributed by atoms with Gasteiger partial charge in [0.2, 0.25) is 11.0 Å². The molecule has 0 aliphatic rings. The van der Waals surface area contributed by atoms with Crippen LogP contribution in [0.15, 0.2) is 59.7 Å². The molecule has 0 bridgehead atoms. The van der Waals surface area contributed by atoms with Gasteiger partial charge in [0, 0.05) is 0 Å². The molecule has 0 saturated heterocycles. The molecule has 6 nitrogen and oxygen atoms in total. The van der Waals surface area contributed by atoms with Crippen molar-refractivity contribution in [1.29, 1.82) is 0 Å². The molecule has 2 aromatic carbocycles. The molecule has 2 N–H and O–H groups in total. The molecule has 130 valence electrons. The van der Waals surface area contributed by atoms with Gasteiger partial charge in [0.15, 0.2) is 0 Å². The van der Waals surface area contributed by atoms with Crippen LogP contribution in [0.1, 0.15) is 18.2 Å². The second-order valence-corrected chi connectivity index (χ2v) is 6.86. The Morgan fingerprint density at radius 1 is 1.12 bits per heavy atom. The lowest BCUT2D eigenvalue weighted by Crippen LogP contribution is -2.01. The summed E-state index contributed by atoms with van der Waals surface area (Å²) in [5.41, 5.74) is 6.68. The molecule has 0 radical (unpaired) electrons. The highest BCUT2D eigenvalue weighted by Gasteiger charge is 2.18. The molecule has 0 aliphatic heterocycles. The lowest BCUT2D eigenvalue weighted by atomic mass is 10.2. The Kier molecular flexibility index (Phi) is 4.14. The maximum absolute atomic E-state index is 10.6. The van der Waals surface area contributed by atoms with E-state index < -0.39 is 0 Å². The Bertz CT molecular complexity index is 1060. The fraction of sp³-hybridized carbons (Fsp3) is 0.105. The second-order valence-electron chi connectivity index (χ2n) is 5.83. The van der Waals surface area contributed by atoms with Crippen molar-refractivity contribution < 1.29 is 5.11 Å². The molecule has 2 aromatic heterocycles. The summed E-state index contributed by atoms with van der Waals surface area (Å²) in [6.45, 7) is 3.69. The SMILES string of the molecule is C/C(=N\Nc1nc2ccccc2s1)c1c(C)nn(-c2ccccc2)c1O. The van der Waals surface area contributed by atoms with Crippen LogP contribution in [-0.4, -0.2) is 25.6 Å². The standard InChI is InChI=1S/C19H17N5OS/c1-12(21-22-19-20-15-10-6-7-11-16(15)26-19)17-13(2)23-24(18(17)25)14-8-4-3-5-9-14/h3-11,25H,1-2H3,(H,20,22)/b21-12+. The number of aromatic nitrogens is 3. The van der Waals surface area contributed by atoms with Crippen molar-refractivity contribution in [3.8, 4) is 11.6 Å². The van der Waals surface area contributed by atoms with E-state index in [1.54, 1.807) is 0 Å². The van der Waals surface area contributed by atoms with E-state index in [0.717, 1.165) is 15.9 Å². The van der Waals surface area contributed by atoms with Crippen molar-refractivity contribution in [1.82, 2.24) is 14.8 Å². The summed E-state index contributed by atoms with van der Waals surface area (Å²) >= 11 is 1.53. The van der Waals surface area contributed by atoms with E-state index >= 15 is 0 Å². The lowest BCUT2D eigenvalue weighted by molar-refractivity contribution is 0.432. The molecule has 26 heavy (non-hydrogen) atoms. The number of benzene rings is 2. The largest absolute Gasteiger partial charge is 0.493 e. The van der Waals surface area contributed by atoms with Crippen molar-refractivity contribution in [2.45, 2.75) is 13.8 Å². The van der Waals surface area contributed by atoms with Crippen LogP contribution < -0.4 is 5.43 Å². The number of para-hydroxylation sites is 2. The Balaban J connectivity index is 1.64. The summed E-state index contributed by atoms with van der Waals surface area (Å²) in [5.74, 6) is 0.0704. The smallest absolute Gasteiger partial charge is 0.223 e. The van der Waals surface area contributed by atoms with Crippen LogP contribution in [0.3, 0.4) is 0 Å². The number of nitrogens with one attached hydrogen (secondary N) is 1. The minimum Gasteiger partial charge on any atom is -0.493 e. The van der Waals surface area contributed by atoms with Crippen molar-refractivity contribution >= 4 is 32.4 Å². The van der Waals surface area contributed by atoms with Gasteiger partial charge in [0.25, 0.3) is 0 Å². The normalized spacial score (nSPS) is 11.8. The molecule has 4 rings (SSSR count). The summed E-state index contributed by atoms with van der Waals surface area (Å²) in [4.78, 5) is 4.49. The number of aryl methyl sites for hydroxylation is 1. The first-order valence-electron chi connectivity index (χ1n) is 8.14. The highest BCUT2D eigenvalue weighted by atomic mass is 32.1. The molecule has 0 unspecified atom stereocenters. The Hall–Kier alpha value is -3.19. The van der Waals surface area contributed by atoms with Crippen LogP contribution in [0.4, 0.5) is 5.13 Å². The van der Waals surface area contributed by atoms with E-state index in [-0.39, 0.29) is 5.88 Å². The third-order valence-corrected chi connectivity index (χ3v) is 4.95. The molecular weight excluding hydrogens is 346 g/mol. The van der Waals surface area contributed by atoms with E-state index in [1.165, 1.54) is 16.0 Å². The first-order valence-corrected chi connectivity index (χ1v) is 8.95. The predicted octanol–water partition coefficient (Wildman–Crippen LogP) is 4.33. The third-order valence-electron chi connectivity index (χ3n) is 4.01. The number of nitrogens with zero attached hydrogens (tertiary/aromatic N) is 4. The Morgan fingerprint density at radius 3 is 2.62 bits per heavy atom. The van der Waals surface area contributed by atoms with E-state index in [2.05, 4.69) is 20.6 Å². The summed E-state index contributed by atoms with van der Waals surface area (Å²) in [6.07, 6.45) is 0. The van der Waals surface area contributed by atoms with Crippen LogP contribution in [-0.2, 0) is 0 Å². The predicted molar refractivity (Wildman–Crippen MR) is 105 cm³/mol. The zero-order chi connectivity index (χ0) is 18.1. The number of aromatic hydroxyl groups is 1. The summed E-state index contributed by atoms with van der Waals surface area (Å²) < 4.78 is 2.61. The minimum atomic E-state index is 0.0704. The Morgan fingerprint density at radius 2 is 1.85 bits per heavy atom. The van der Waals surface area contributed by atoms with Gasteiger partial charge in [-0.15, -0.1) is 0 Å². The first kappa shape index (κ1) is 16.3. The number of hydrogen-bond donors (Lipinski definition) is 2. The number of fused-ring (bicyclic) bond motifs is 1. The molecule has 0 fully saturated rings. The maximum atomic E-state index is 10.6. The average molecular weight is 363 g/mol. The van der Waals surface area contributed by atoms with Gasteiger partial charge in [-0.1, -0.05) is 41.7 Å². The highest BCUT2D eigenvalue weighted by Crippen LogP contribution is 2.27. The second kappa shape index (κ2) is 6.61. The Labute approximate surface area is 154 Å². The fourth-order valence-corrected chi connectivity index (χ4v) is 3.60. The van der Waals surface area contributed by atoms with Crippen LogP contribution >= 0.6 is 11.3 Å². The van der Waals surface area contributed by atoms with Crippen LogP contribution in [0.25, 0.3) is 15.9 Å². The van der Waals surface area contributed by atoms with Gasteiger partial charge in [-0.05, 0) is 38.1 Å². The van der Waals surface area contributed by atoms with Gasteiger partial charge < -0.3 is 5.11 Å². The third kappa shape index (κ3) is 2.93. The molecule has 0 atom stereocenters. The number of rotatable bonds is 4. The molecule has 7 heteroatoms. The van der Waals surface area contributed by atoms with Crippen molar-refractivity contribution in [3.05, 3.63) is 65.9 Å². The number of hydrogen-bond acceptors (Lipinski definition) is 6. The van der Waals surface area contributed by atoms with Gasteiger partial charge in [-0.25, -0.2) is 9.67 Å². The minimum absolute atomic E-state index is 0.0704. The van der Waals surface area contributed by atoms with Crippen molar-refractivity contribution in [3.63, 3.8) is 0 Å². The molecule has 0 spiro atoms. The zero-order valence-electron chi connectivity index (χ0n) is 14.3. The summed E-state index contributed by atoms with van der Waals surface area (Å²) in [6, 6.07) is 17.4. The molecule has 0 aliphatic carbocycles. The van der Waals surface area contributed by atoms with E-state index in [1.807, 2.05) is 68.4 Å². The number of hydrazone groups is 1. The summed E-state index contributed by atoms with van der Waals surface area (Å²) in [5, 5.41) is 20.2. The average Bonchev–Trinajstić information content (AvgIpc) is 3.20. The van der Waals surface area contributed by atoms with Gasteiger partial charge in [0.1, 0.15) is 0 Å². The van der Waals surface area contributed by atoms with Gasteiger partial charge in [0.05, 0.1) is 32.9 Å². The molecule has 0 amide bonds. The van der Waals surface area contributed by atoms with Crippen LogP contribution in [0.5, 0.6) is 5.88 Å². The fourth-order valence-electron chi connectivity index (χ4n) is 2.80. The number of thiazole rings is 1. The van der Waals surface area contributed by atoms with Crippen LogP contribution in [0.2, 0.25) is 0 Å². The number of anilines is 1. The first-order chi connectivity index (χ1) is 12.6. The molecular formula is C19H17N5OS. The quantitative estimate of drug-likeness (QED) is 0.418. The summed E-state index contributed by atoms with van der Waals surface area (Å²) in [7, 11) is 0. The highest BCUT2D eigenvalue weighted by molar-refractivity contribution is 7.22. The van der Waals surface area contributed by atoms with Crippen LogP contribution in [0, 0.1) is 6.92 Å². The topological polar surface area (TPSA) is 75.3 Å². The lowest BCUT2D eigenvalue weighted by Gasteiger charge is -2.03.